The molecule has 0 amide bonds. The molecule has 0 saturated carbocycles. The number of carbonyl (C=O) groups excluding carboxylic acids is 1. The van der Waals surface area contributed by atoms with Crippen molar-refractivity contribution in [2.24, 2.45) is 0 Å². The zero-order valence-electron chi connectivity index (χ0n) is 14.7. The van der Waals surface area contributed by atoms with E-state index in [0.29, 0.717) is 13.2 Å². The molecule has 0 aromatic heterocycles. The van der Waals surface area contributed by atoms with Gasteiger partial charge in [0.25, 0.3) is 0 Å². The summed E-state index contributed by atoms with van der Waals surface area (Å²) in [6, 6.07) is 0. The van der Waals surface area contributed by atoms with Crippen molar-refractivity contribution < 1.29 is 48.9 Å². The molecule has 0 aliphatic rings. The van der Waals surface area contributed by atoms with E-state index in [1.807, 2.05) is 0 Å². The summed E-state index contributed by atoms with van der Waals surface area (Å²) in [5.41, 5.74) is 0. The van der Waals surface area contributed by atoms with Gasteiger partial charge in [-0.1, -0.05) is 64.7 Å². The number of carboxylic acid groups (broad SMARTS) is 1. The number of carbonyl (C=O) groups is 1. The SMILES string of the molecule is CCCCCCCCCCCCOCCOCCC(=O)[O-].[Na+]. The van der Waals surface area contributed by atoms with E-state index in [9.17, 15) is 9.90 Å². The van der Waals surface area contributed by atoms with E-state index in [0.717, 1.165) is 13.0 Å². The first kappa shape index (κ1) is 24.6. The molecule has 4 nitrogen and oxygen atoms in total. The van der Waals surface area contributed by atoms with E-state index in [4.69, 9.17) is 9.47 Å². The molecule has 0 N–H and O–H groups in total. The first-order chi connectivity index (χ1) is 10.3. The first-order valence-corrected chi connectivity index (χ1v) is 8.62. The average Bonchev–Trinajstić information content (AvgIpc) is 2.46. The smallest absolute Gasteiger partial charge is 0.550 e. The van der Waals surface area contributed by atoms with Gasteiger partial charge < -0.3 is 19.4 Å². The molecule has 0 atom stereocenters. The van der Waals surface area contributed by atoms with Crippen molar-refractivity contribution in [1.29, 1.82) is 0 Å². The fraction of sp³-hybridized carbons (Fsp3) is 0.941. The molecule has 0 unspecified atom stereocenters. The number of aliphatic carboxylic acids is 1. The molecule has 0 aromatic carbocycles. The first-order valence-electron chi connectivity index (χ1n) is 8.62. The Balaban J connectivity index is 0. The van der Waals surface area contributed by atoms with Gasteiger partial charge in [0.05, 0.1) is 19.8 Å². The fourth-order valence-electron chi connectivity index (χ4n) is 2.17. The second-order valence-electron chi connectivity index (χ2n) is 5.53. The fourth-order valence-corrected chi connectivity index (χ4v) is 2.17. The van der Waals surface area contributed by atoms with Gasteiger partial charge in [0.1, 0.15) is 0 Å². The van der Waals surface area contributed by atoms with Crippen molar-refractivity contribution in [3.8, 4) is 0 Å². The third-order valence-corrected chi connectivity index (χ3v) is 3.46. The summed E-state index contributed by atoms with van der Waals surface area (Å²) in [6.45, 7) is 4.25. The third-order valence-electron chi connectivity index (χ3n) is 3.46. The van der Waals surface area contributed by atoms with Crippen LogP contribution in [0, 0.1) is 0 Å². The van der Waals surface area contributed by atoms with Gasteiger partial charge in [-0.3, -0.25) is 0 Å². The van der Waals surface area contributed by atoms with Crippen molar-refractivity contribution in [1.82, 2.24) is 0 Å². The summed E-state index contributed by atoms with van der Waals surface area (Å²) in [6.07, 6.45) is 13.2. The molecule has 5 heteroatoms. The third kappa shape index (κ3) is 22.7. The molecule has 0 rings (SSSR count). The van der Waals surface area contributed by atoms with Crippen LogP contribution in [0.3, 0.4) is 0 Å². The van der Waals surface area contributed by atoms with E-state index in [-0.39, 0.29) is 42.6 Å². The van der Waals surface area contributed by atoms with Crippen LogP contribution in [0.1, 0.15) is 77.6 Å². The predicted molar refractivity (Wildman–Crippen MR) is 83.1 cm³/mol. The van der Waals surface area contributed by atoms with Crippen LogP contribution in [-0.2, 0) is 14.3 Å². The average molecular weight is 324 g/mol. The maximum Gasteiger partial charge on any atom is 1.00 e. The number of rotatable bonds is 17. The summed E-state index contributed by atoms with van der Waals surface area (Å²) in [5.74, 6) is -1.07. The summed E-state index contributed by atoms with van der Waals surface area (Å²) in [4.78, 5) is 10.1. The number of ether oxygens (including phenoxy) is 2. The molecule has 126 valence electrons. The number of hydrogen-bond donors (Lipinski definition) is 0. The number of unbranched alkanes of at least 4 members (excludes halogenated alkanes) is 9. The van der Waals surface area contributed by atoms with Crippen LogP contribution in [0.25, 0.3) is 0 Å². The predicted octanol–water partition coefficient (Wildman–Crippen LogP) is 0.0845. The van der Waals surface area contributed by atoms with Crippen molar-refractivity contribution in [3.05, 3.63) is 0 Å². The summed E-state index contributed by atoms with van der Waals surface area (Å²) >= 11 is 0. The Labute approximate surface area is 158 Å². The summed E-state index contributed by atoms with van der Waals surface area (Å²) in [5, 5.41) is 10.1. The van der Waals surface area contributed by atoms with Crippen molar-refractivity contribution in [2.75, 3.05) is 26.4 Å². The summed E-state index contributed by atoms with van der Waals surface area (Å²) in [7, 11) is 0. The normalized spacial score (nSPS) is 10.4. The van der Waals surface area contributed by atoms with Gasteiger partial charge in [0.15, 0.2) is 0 Å². The molecule has 22 heavy (non-hydrogen) atoms. The van der Waals surface area contributed by atoms with Gasteiger partial charge in [0, 0.05) is 19.0 Å². The molecule has 0 aliphatic heterocycles. The maximum absolute atomic E-state index is 10.1. The molecule has 0 bridgehead atoms. The topological polar surface area (TPSA) is 58.6 Å². The van der Waals surface area contributed by atoms with Crippen LogP contribution in [0.15, 0.2) is 0 Å². The number of hydrogen-bond acceptors (Lipinski definition) is 4. The van der Waals surface area contributed by atoms with Gasteiger partial charge in [-0.25, -0.2) is 0 Å². The Morgan fingerprint density at radius 1 is 0.727 bits per heavy atom. The molecule has 0 aliphatic carbocycles. The van der Waals surface area contributed by atoms with Crippen LogP contribution < -0.4 is 34.7 Å². The Kier molecular flexibility index (Phi) is 24.0. The largest absolute Gasteiger partial charge is 1.00 e. The van der Waals surface area contributed by atoms with Crippen LogP contribution in [0.5, 0.6) is 0 Å². The van der Waals surface area contributed by atoms with Crippen LogP contribution in [0.2, 0.25) is 0 Å². The van der Waals surface area contributed by atoms with E-state index < -0.39 is 5.97 Å². The van der Waals surface area contributed by atoms with Crippen molar-refractivity contribution in [2.45, 2.75) is 77.6 Å². The van der Waals surface area contributed by atoms with Gasteiger partial charge in [0.2, 0.25) is 0 Å². The minimum Gasteiger partial charge on any atom is -0.550 e. The van der Waals surface area contributed by atoms with Gasteiger partial charge in [-0.15, -0.1) is 0 Å². The second-order valence-corrected chi connectivity index (χ2v) is 5.53. The van der Waals surface area contributed by atoms with Crippen LogP contribution in [-0.4, -0.2) is 32.4 Å². The molecule has 0 radical (unpaired) electrons. The maximum atomic E-state index is 10.1. The standard InChI is InChI=1S/C17H34O4.Na/c1-2-3-4-5-6-7-8-9-10-11-13-20-15-16-21-14-12-17(18)19;/h2-16H2,1H3,(H,18,19);/q;+1/p-1. The zero-order chi connectivity index (χ0) is 15.6. The monoisotopic (exact) mass is 324 g/mol. The molecule has 0 spiro atoms. The Bertz CT molecular complexity index is 225. The van der Waals surface area contributed by atoms with Crippen LogP contribution >= 0.6 is 0 Å². The minimum absolute atomic E-state index is 0. The molecule has 0 heterocycles. The summed E-state index contributed by atoms with van der Waals surface area (Å²) < 4.78 is 10.5. The van der Waals surface area contributed by atoms with E-state index >= 15 is 0 Å². The van der Waals surface area contributed by atoms with E-state index in [1.54, 1.807) is 0 Å². The van der Waals surface area contributed by atoms with Crippen molar-refractivity contribution in [3.63, 3.8) is 0 Å². The van der Waals surface area contributed by atoms with Gasteiger partial charge >= 0.3 is 29.6 Å². The Hall–Kier alpha value is 0.390. The molecule has 0 fully saturated rings. The Morgan fingerprint density at radius 3 is 1.68 bits per heavy atom. The van der Waals surface area contributed by atoms with E-state index in [2.05, 4.69) is 6.92 Å². The quantitative estimate of drug-likeness (QED) is 0.281. The van der Waals surface area contributed by atoms with E-state index in [1.165, 1.54) is 57.8 Å². The molecule has 0 saturated heterocycles. The Morgan fingerprint density at radius 2 is 1.18 bits per heavy atom. The molecular formula is C17H33NaO4. The number of carboxylic acids is 1. The molecular weight excluding hydrogens is 291 g/mol. The zero-order valence-corrected chi connectivity index (χ0v) is 16.7. The minimum atomic E-state index is -1.07. The second kappa shape index (κ2) is 21.4. The van der Waals surface area contributed by atoms with Gasteiger partial charge in [-0.05, 0) is 6.42 Å². The van der Waals surface area contributed by atoms with Crippen molar-refractivity contribution >= 4 is 5.97 Å². The molecule has 0 aromatic rings. The van der Waals surface area contributed by atoms with Crippen LogP contribution in [0.4, 0.5) is 0 Å². The van der Waals surface area contributed by atoms with Gasteiger partial charge in [-0.2, -0.15) is 0 Å².